The van der Waals surface area contributed by atoms with Crippen LogP contribution in [0.25, 0.3) is 0 Å². The standard InChI is InChI=1S/C4H3BrOS/c5-4-2-1-3-6-7-4/h1-3H. The van der Waals surface area contributed by atoms with Gasteiger partial charge in [-0.05, 0) is 28.1 Å². The molecule has 0 N–H and O–H groups in total. The van der Waals surface area contributed by atoms with Crippen LogP contribution in [0.15, 0.2) is 22.2 Å². The van der Waals surface area contributed by atoms with Crippen LogP contribution in [0.2, 0.25) is 0 Å². The Morgan fingerprint density at radius 2 is 2.57 bits per heavy atom. The molecule has 1 aliphatic heterocycles. The molecule has 0 saturated carbocycles. The number of hydrogen-bond donors (Lipinski definition) is 0. The van der Waals surface area contributed by atoms with Gasteiger partial charge in [0.2, 0.25) is 0 Å². The minimum Gasteiger partial charge on any atom is -0.428 e. The van der Waals surface area contributed by atoms with E-state index in [0.29, 0.717) is 0 Å². The first-order chi connectivity index (χ1) is 3.39. The lowest BCUT2D eigenvalue weighted by molar-refractivity contribution is 0.569. The molecule has 7 heavy (non-hydrogen) atoms. The molecule has 0 aromatic heterocycles. The van der Waals surface area contributed by atoms with Gasteiger partial charge in [0.05, 0.1) is 15.9 Å². The monoisotopic (exact) mass is 178 g/mol. The minimum absolute atomic E-state index is 1.01. The smallest absolute Gasteiger partial charge is 0.102 e. The molecule has 0 saturated heterocycles. The van der Waals surface area contributed by atoms with Crippen LogP contribution >= 0.6 is 28.0 Å². The summed E-state index contributed by atoms with van der Waals surface area (Å²) >= 11 is 4.55. The molecule has 0 atom stereocenters. The Morgan fingerprint density at radius 3 is 2.86 bits per heavy atom. The first-order valence-corrected chi connectivity index (χ1v) is 3.29. The number of hydrogen-bond acceptors (Lipinski definition) is 2. The van der Waals surface area contributed by atoms with Crippen molar-refractivity contribution in [2.75, 3.05) is 0 Å². The van der Waals surface area contributed by atoms with Gasteiger partial charge in [-0.2, -0.15) is 0 Å². The van der Waals surface area contributed by atoms with Crippen LogP contribution in [0.4, 0.5) is 0 Å². The summed E-state index contributed by atoms with van der Waals surface area (Å²) in [6.45, 7) is 0. The van der Waals surface area contributed by atoms with Crippen molar-refractivity contribution < 1.29 is 4.18 Å². The van der Waals surface area contributed by atoms with E-state index in [1.165, 1.54) is 12.0 Å². The van der Waals surface area contributed by atoms with E-state index in [4.69, 9.17) is 4.18 Å². The molecule has 3 heteroatoms. The lowest BCUT2D eigenvalue weighted by atomic mass is 10.6. The molecular formula is C4H3BrOS. The van der Waals surface area contributed by atoms with Gasteiger partial charge in [0.15, 0.2) is 0 Å². The molecule has 0 unspecified atom stereocenters. The van der Waals surface area contributed by atoms with Crippen LogP contribution in [0.5, 0.6) is 0 Å². The van der Waals surface area contributed by atoms with Crippen molar-refractivity contribution in [3.63, 3.8) is 0 Å². The average molecular weight is 179 g/mol. The average Bonchev–Trinajstić information content (AvgIpc) is 1.69. The highest BCUT2D eigenvalue weighted by molar-refractivity contribution is 9.13. The number of rotatable bonds is 0. The van der Waals surface area contributed by atoms with Crippen molar-refractivity contribution in [3.8, 4) is 0 Å². The molecule has 0 aliphatic carbocycles. The van der Waals surface area contributed by atoms with Crippen molar-refractivity contribution in [2.45, 2.75) is 0 Å². The summed E-state index contributed by atoms with van der Waals surface area (Å²) in [6.07, 6.45) is 5.39. The summed E-state index contributed by atoms with van der Waals surface area (Å²) in [4.78, 5) is 0. The van der Waals surface area contributed by atoms with Gasteiger partial charge < -0.3 is 4.18 Å². The highest BCUT2D eigenvalue weighted by atomic mass is 79.9. The van der Waals surface area contributed by atoms with Gasteiger partial charge >= 0.3 is 0 Å². The molecule has 0 fully saturated rings. The molecule has 0 radical (unpaired) electrons. The highest BCUT2D eigenvalue weighted by Crippen LogP contribution is 2.25. The van der Waals surface area contributed by atoms with E-state index in [1.54, 1.807) is 6.26 Å². The van der Waals surface area contributed by atoms with Crippen LogP contribution < -0.4 is 0 Å². The number of halogens is 1. The molecule has 0 bridgehead atoms. The second kappa shape index (κ2) is 2.43. The predicted octanol–water partition coefficient (Wildman–Crippen LogP) is 2.41. The molecule has 0 spiro atoms. The second-order valence-electron chi connectivity index (χ2n) is 0.979. The van der Waals surface area contributed by atoms with Gasteiger partial charge in [0, 0.05) is 0 Å². The van der Waals surface area contributed by atoms with Crippen LogP contribution in [-0.2, 0) is 4.18 Å². The molecular weight excluding hydrogens is 176 g/mol. The minimum atomic E-state index is 1.01. The first-order valence-electron chi connectivity index (χ1n) is 1.75. The van der Waals surface area contributed by atoms with Crippen LogP contribution in [0.3, 0.4) is 0 Å². The molecule has 1 rings (SSSR count). The molecule has 0 aromatic rings. The fourth-order valence-corrected chi connectivity index (χ4v) is 0.976. The predicted molar refractivity (Wildman–Crippen MR) is 34.8 cm³/mol. The summed E-state index contributed by atoms with van der Waals surface area (Å²) in [5.74, 6) is 0. The van der Waals surface area contributed by atoms with Gasteiger partial charge in [-0.1, -0.05) is 0 Å². The van der Waals surface area contributed by atoms with Gasteiger partial charge in [-0.3, -0.25) is 0 Å². The van der Waals surface area contributed by atoms with E-state index in [1.807, 2.05) is 12.2 Å². The Hall–Kier alpha value is 0.110. The van der Waals surface area contributed by atoms with Crippen LogP contribution in [0, 0.1) is 0 Å². The van der Waals surface area contributed by atoms with E-state index in [2.05, 4.69) is 15.9 Å². The third-order valence-electron chi connectivity index (χ3n) is 0.489. The first kappa shape index (κ1) is 5.25. The normalized spacial score (nSPS) is 18.1. The maximum Gasteiger partial charge on any atom is 0.102 e. The van der Waals surface area contributed by atoms with Crippen LogP contribution in [0.1, 0.15) is 0 Å². The van der Waals surface area contributed by atoms with Gasteiger partial charge in [-0.25, -0.2) is 0 Å². The molecule has 1 aliphatic rings. The molecule has 38 valence electrons. The van der Waals surface area contributed by atoms with Crippen molar-refractivity contribution in [3.05, 3.63) is 22.2 Å². The Morgan fingerprint density at radius 1 is 1.71 bits per heavy atom. The summed E-state index contributed by atoms with van der Waals surface area (Å²) in [5.41, 5.74) is 0. The Kier molecular flexibility index (Phi) is 1.82. The third kappa shape index (κ3) is 1.57. The van der Waals surface area contributed by atoms with Crippen molar-refractivity contribution in [1.82, 2.24) is 0 Å². The largest absolute Gasteiger partial charge is 0.428 e. The lowest BCUT2D eigenvalue weighted by Gasteiger charge is -1.98. The topological polar surface area (TPSA) is 9.23 Å². The Labute approximate surface area is 54.8 Å². The third-order valence-corrected chi connectivity index (χ3v) is 1.65. The zero-order valence-electron chi connectivity index (χ0n) is 3.43. The summed E-state index contributed by atoms with van der Waals surface area (Å²) < 4.78 is 5.81. The Bertz CT molecular complexity index is 119. The van der Waals surface area contributed by atoms with E-state index in [-0.39, 0.29) is 0 Å². The quantitative estimate of drug-likeness (QED) is 0.528. The van der Waals surface area contributed by atoms with E-state index >= 15 is 0 Å². The fourth-order valence-electron chi connectivity index (χ4n) is 0.249. The van der Waals surface area contributed by atoms with E-state index in [0.717, 1.165) is 3.81 Å². The van der Waals surface area contributed by atoms with Crippen molar-refractivity contribution in [1.29, 1.82) is 0 Å². The zero-order valence-corrected chi connectivity index (χ0v) is 5.83. The zero-order chi connectivity index (χ0) is 5.11. The summed E-state index contributed by atoms with van der Waals surface area (Å²) in [7, 11) is 0. The number of allylic oxidation sites excluding steroid dienone is 2. The van der Waals surface area contributed by atoms with Gasteiger partial charge in [-0.15, -0.1) is 0 Å². The molecule has 0 amide bonds. The Balaban J connectivity index is 2.57. The maximum absolute atomic E-state index is 4.80. The molecule has 1 nitrogen and oxygen atoms in total. The molecule has 0 aromatic carbocycles. The van der Waals surface area contributed by atoms with Crippen LogP contribution in [-0.4, -0.2) is 0 Å². The fraction of sp³-hybridized carbons (Fsp3) is 0. The SMILES string of the molecule is BrC1=CC=COS1. The van der Waals surface area contributed by atoms with E-state index < -0.39 is 0 Å². The van der Waals surface area contributed by atoms with Crippen molar-refractivity contribution >= 4 is 28.0 Å². The lowest BCUT2D eigenvalue weighted by Crippen LogP contribution is -1.69. The molecule has 1 heterocycles. The second-order valence-corrected chi connectivity index (χ2v) is 3.16. The van der Waals surface area contributed by atoms with Gasteiger partial charge in [0.25, 0.3) is 0 Å². The maximum atomic E-state index is 4.80. The summed E-state index contributed by atoms with van der Waals surface area (Å²) in [6, 6.07) is 0. The van der Waals surface area contributed by atoms with Crippen molar-refractivity contribution in [2.24, 2.45) is 0 Å². The van der Waals surface area contributed by atoms with Gasteiger partial charge in [0.1, 0.15) is 6.26 Å². The van der Waals surface area contributed by atoms with E-state index in [9.17, 15) is 0 Å². The summed E-state index contributed by atoms with van der Waals surface area (Å²) in [5, 5.41) is 0. The highest BCUT2D eigenvalue weighted by Gasteiger charge is 1.92.